The number of halogens is 1. The number of fused-ring (bicyclic) bond motifs is 1. The van der Waals surface area contributed by atoms with Gasteiger partial charge in [0.25, 0.3) is 0 Å². The van der Waals surface area contributed by atoms with Crippen LogP contribution in [-0.2, 0) is 9.59 Å². The van der Waals surface area contributed by atoms with E-state index in [9.17, 15) is 9.59 Å². The van der Waals surface area contributed by atoms with Crippen LogP contribution in [-0.4, -0.2) is 35.1 Å². The molecule has 2 amide bonds. The number of rotatable bonds is 4. The molecule has 0 spiro atoms. The van der Waals surface area contributed by atoms with E-state index < -0.39 is 0 Å². The molecule has 2 N–H and O–H groups in total. The van der Waals surface area contributed by atoms with Crippen molar-refractivity contribution in [2.75, 3.05) is 18.0 Å². The van der Waals surface area contributed by atoms with Crippen LogP contribution in [0.3, 0.4) is 0 Å². The zero-order valence-corrected chi connectivity index (χ0v) is 14.7. The maximum atomic E-state index is 12.3. The minimum atomic E-state index is -0.316. The second kappa shape index (κ2) is 6.31. The number of benzene rings is 1. The summed E-state index contributed by atoms with van der Waals surface area (Å²) in [6, 6.07) is 5.74. The molecule has 1 atom stereocenters. The van der Waals surface area contributed by atoms with Gasteiger partial charge >= 0.3 is 0 Å². The first kappa shape index (κ1) is 16.0. The quantitative estimate of drug-likeness (QED) is 0.857. The van der Waals surface area contributed by atoms with Gasteiger partial charge in [0.15, 0.2) is 5.82 Å². The number of carbonyl (C=O) groups is 2. The molecule has 0 saturated carbocycles. The summed E-state index contributed by atoms with van der Waals surface area (Å²) in [6.07, 6.45) is 0.231. The number of aromatic nitrogens is 2. The van der Waals surface area contributed by atoms with Gasteiger partial charge in [-0.1, -0.05) is 29.8 Å². The minimum Gasteiger partial charge on any atom is -0.356 e. The van der Waals surface area contributed by atoms with Gasteiger partial charge in [-0.2, -0.15) is 5.10 Å². The summed E-state index contributed by atoms with van der Waals surface area (Å²) in [4.78, 5) is 26.1. The lowest BCUT2D eigenvalue weighted by molar-refractivity contribution is -0.126. The summed E-state index contributed by atoms with van der Waals surface area (Å²) in [5, 5.41) is 11.0. The number of hydrogen-bond acceptors (Lipinski definition) is 3. The standard InChI is InChI=1S/C16H19BrN4O2/c1-9(2)7-18-16(23)10-5-14(22)21(8-10)15-12-4-3-11(17)6-13(12)19-20-15/h3-4,6,9-10H,5,7-8H2,1-2H3,(H,18,23)(H,19,20). The fourth-order valence-corrected chi connectivity index (χ4v) is 3.08. The van der Waals surface area contributed by atoms with E-state index in [0.717, 1.165) is 15.4 Å². The molecule has 1 aromatic heterocycles. The van der Waals surface area contributed by atoms with Crippen LogP contribution in [0.4, 0.5) is 5.82 Å². The molecule has 1 aliphatic heterocycles. The van der Waals surface area contributed by atoms with E-state index in [1.165, 1.54) is 0 Å². The SMILES string of the molecule is CC(C)CNC(=O)C1CC(=O)N(c2n[nH]c3cc(Br)ccc23)C1. The second-order valence-corrected chi connectivity index (χ2v) is 7.20. The Labute approximate surface area is 142 Å². The molecule has 0 aliphatic carbocycles. The number of anilines is 1. The largest absolute Gasteiger partial charge is 0.356 e. The highest BCUT2D eigenvalue weighted by molar-refractivity contribution is 9.10. The molecule has 1 saturated heterocycles. The Morgan fingerprint density at radius 1 is 1.52 bits per heavy atom. The Kier molecular flexibility index (Phi) is 4.39. The zero-order chi connectivity index (χ0) is 16.6. The molecule has 1 unspecified atom stereocenters. The summed E-state index contributed by atoms with van der Waals surface area (Å²) < 4.78 is 0.943. The first-order valence-electron chi connectivity index (χ1n) is 7.67. The lowest BCUT2D eigenvalue weighted by Crippen LogP contribution is -2.35. The van der Waals surface area contributed by atoms with Crippen molar-refractivity contribution in [3.63, 3.8) is 0 Å². The van der Waals surface area contributed by atoms with E-state index >= 15 is 0 Å². The summed E-state index contributed by atoms with van der Waals surface area (Å²) in [5.74, 6) is 0.546. The van der Waals surface area contributed by atoms with Gasteiger partial charge < -0.3 is 5.32 Å². The van der Waals surface area contributed by atoms with E-state index in [-0.39, 0.29) is 24.2 Å². The number of H-pyrrole nitrogens is 1. The van der Waals surface area contributed by atoms with Crippen molar-refractivity contribution in [3.05, 3.63) is 22.7 Å². The van der Waals surface area contributed by atoms with Crippen LogP contribution in [0.1, 0.15) is 20.3 Å². The van der Waals surface area contributed by atoms with E-state index in [2.05, 4.69) is 31.4 Å². The average molecular weight is 379 g/mol. The number of nitrogens with zero attached hydrogens (tertiary/aromatic N) is 2. The molecule has 7 heteroatoms. The van der Waals surface area contributed by atoms with E-state index in [1.807, 2.05) is 32.0 Å². The maximum absolute atomic E-state index is 12.3. The summed E-state index contributed by atoms with van der Waals surface area (Å²) in [7, 11) is 0. The van der Waals surface area contributed by atoms with Crippen molar-refractivity contribution in [1.29, 1.82) is 0 Å². The monoisotopic (exact) mass is 378 g/mol. The van der Waals surface area contributed by atoms with Crippen LogP contribution in [0.2, 0.25) is 0 Å². The summed E-state index contributed by atoms with van der Waals surface area (Å²) >= 11 is 3.41. The average Bonchev–Trinajstić information content (AvgIpc) is 3.07. The van der Waals surface area contributed by atoms with Gasteiger partial charge in [-0.3, -0.25) is 19.6 Å². The Morgan fingerprint density at radius 2 is 2.30 bits per heavy atom. The second-order valence-electron chi connectivity index (χ2n) is 6.28. The third-order valence-corrected chi connectivity index (χ3v) is 4.43. The molecule has 0 radical (unpaired) electrons. The highest BCUT2D eigenvalue weighted by Crippen LogP contribution is 2.31. The zero-order valence-electron chi connectivity index (χ0n) is 13.1. The van der Waals surface area contributed by atoms with Crippen molar-refractivity contribution >= 4 is 44.5 Å². The first-order valence-corrected chi connectivity index (χ1v) is 8.46. The lowest BCUT2D eigenvalue weighted by Gasteiger charge is -2.15. The van der Waals surface area contributed by atoms with Crippen LogP contribution in [0.25, 0.3) is 10.9 Å². The number of amides is 2. The van der Waals surface area contributed by atoms with Crippen LogP contribution >= 0.6 is 15.9 Å². The topological polar surface area (TPSA) is 78.1 Å². The smallest absolute Gasteiger partial charge is 0.229 e. The summed E-state index contributed by atoms with van der Waals surface area (Å²) in [6.45, 7) is 5.09. The lowest BCUT2D eigenvalue weighted by atomic mass is 10.1. The van der Waals surface area contributed by atoms with Gasteiger partial charge in [0, 0.05) is 29.4 Å². The molecule has 2 aromatic rings. The first-order chi connectivity index (χ1) is 11.0. The number of aromatic amines is 1. The van der Waals surface area contributed by atoms with Crippen molar-refractivity contribution in [2.24, 2.45) is 11.8 Å². The summed E-state index contributed by atoms with van der Waals surface area (Å²) in [5.41, 5.74) is 0.856. The highest BCUT2D eigenvalue weighted by Gasteiger charge is 2.36. The van der Waals surface area contributed by atoms with Crippen LogP contribution in [0.5, 0.6) is 0 Å². The maximum Gasteiger partial charge on any atom is 0.229 e. The third kappa shape index (κ3) is 3.24. The fourth-order valence-electron chi connectivity index (χ4n) is 2.72. The highest BCUT2D eigenvalue weighted by atomic mass is 79.9. The van der Waals surface area contributed by atoms with Crippen molar-refractivity contribution in [1.82, 2.24) is 15.5 Å². The van der Waals surface area contributed by atoms with Gasteiger partial charge in [-0.15, -0.1) is 0 Å². The minimum absolute atomic E-state index is 0.0582. The molecule has 6 nitrogen and oxygen atoms in total. The predicted octanol–water partition coefficient (Wildman–Crippen LogP) is 2.45. The van der Waals surface area contributed by atoms with Crippen molar-refractivity contribution in [2.45, 2.75) is 20.3 Å². The van der Waals surface area contributed by atoms with E-state index in [1.54, 1.807) is 4.90 Å². The molecule has 1 aliphatic rings. The fraction of sp³-hybridized carbons (Fsp3) is 0.438. The predicted molar refractivity (Wildman–Crippen MR) is 92.1 cm³/mol. The molecule has 122 valence electrons. The van der Waals surface area contributed by atoms with E-state index in [4.69, 9.17) is 0 Å². The van der Waals surface area contributed by atoms with Gasteiger partial charge in [0.1, 0.15) is 0 Å². The number of hydrogen-bond donors (Lipinski definition) is 2. The number of nitrogens with one attached hydrogen (secondary N) is 2. The Balaban J connectivity index is 1.78. The molecule has 1 aromatic carbocycles. The Morgan fingerprint density at radius 3 is 3.04 bits per heavy atom. The van der Waals surface area contributed by atoms with Crippen LogP contribution in [0.15, 0.2) is 22.7 Å². The van der Waals surface area contributed by atoms with Gasteiger partial charge in [-0.25, -0.2) is 0 Å². The molecule has 2 heterocycles. The third-order valence-electron chi connectivity index (χ3n) is 3.94. The van der Waals surface area contributed by atoms with Gasteiger partial charge in [0.05, 0.1) is 11.4 Å². The van der Waals surface area contributed by atoms with Crippen molar-refractivity contribution < 1.29 is 9.59 Å². The van der Waals surface area contributed by atoms with Crippen molar-refractivity contribution in [3.8, 4) is 0 Å². The van der Waals surface area contributed by atoms with E-state index in [0.29, 0.717) is 24.8 Å². The molecule has 3 rings (SSSR count). The van der Waals surface area contributed by atoms with Crippen LogP contribution < -0.4 is 10.2 Å². The molecular formula is C16H19BrN4O2. The Hall–Kier alpha value is -1.89. The number of carbonyl (C=O) groups excluding carboxylic acids is 2. The Bertz CT molecular complexity index is 756. The van der Waals surface area contributed by atoms with Gasteiger partial charge in [0.2, 0.25) is 11.8 Å². The normalized spacial score (nSPS) is 18.2. The van der Waals surface area contributed by atoms with Crippen LogP contribution in [0, 0.1) is 11.8 Å². The molecular weight excluding hydrogens is 360 g/mol. The molecule has 1 fully saturated rings. The molecule has 23 heavy (non-hydrogen) atoms. The van der Waals surface area contributed by atoms with Gasteiger partial charge in [-0.05, 0) is 24.1 Å². The molecule has 0 bridgehead atoms.